The molecular formula is C14H9ClN2O4. The number of benzene rings is 2. The van der Waals surface area contributed by atoms with Crippen LogP contribution in [0.1, 0.15) is 15.9 Å². The molecule has 0 aliphatic heterocycles. The van der Waals surface area contributed by atoms with E-state index in [0.717, 1.165) is 6.07 Å². The molecule has 6 nitrogen and oxygen atoms in total. The van der Waals surface area contributed by atoms with Gasteiger partial charge in [0.25, 0.3) is 5.69 Å². The van der Waals surface area contributed by atoms with Crippen LogP contribution in [-0.4, -0.2) is 17.1 Å². The number of nitrogens with zero attached hydrogens (tertiary/aromatic N) is 2. The highest BCUT2D eigenvalue weighted by Gasteiger charge is 2.12. The summed E-state index contributed by atoms with van der Waals surface area (Å²) in [7, 11) is 0. The number of non-ortho nitro benzene ring substituents is 1. The van der Waals surface area contributed by atoms with E-state index in [2.05, 4.69) is 9.99 Å². The fourth-order valence-corrected chi connectivity index (χ4v) is 1.61. The lowest BCUT2D eigenvalue weighted by molar-refractivity contribution is -0.384. The molecule has 2 aromatic carbocycles. The van der Waals surface area contributed by atoms with Crippen LogP contribution in [0.4, 0.5) is 5.69 Å². The number of halogens is 1. The molecule has 0 spiro atoms. The first-order valence-electron chi connectivity index (χ1n) is 5.81. The maximum absolute atomic E-state index is 11.7. The topological polar surface area (TPSA) is 81.8 Å². The Labute approximate surface area is 124 Å². The molecule has 7 heteroatoms. The second kappa shape index (κ2) is 6.62. The SMILES string of the molecule is O=C(ON=Cc1ccc(Cl)cc1)c1cccc([N+](=O)[O-])c1. The number of oxime groups is 1. The molecule has 21 heavy (non-hydrogen) atoms. The number of rotatable bonds is 4. The molecule has 0 aromatic heterocycles. The van der Waals surface area contributed by atoms with Crippen LogP contribution in [-0.2, 0) is 4.84 Å². The Balaban J connectivity index is 2.03. The number of nitro groups is 1. The second-order valence-electron chi connectivity index (χ2n) is 3.97. The zero-order valence-corrected chi connectivity index (χ0v) is 11.4. The normalized spacial score (nSPS) is 10.5. The molecule has 0 aliphatic rings. The minimum Gasteiger partial charge on any atom is -0.313 e. The molecule has 0 N–H and O–H groups in total. The second-order valence-corrected chi connectivity index (χ2v) is 4.41. The Bertz CT molecular complexity index is 698. The highest BCUT2D eigenvalue weighted by atomic mass is 35.5. The smallest absolute Gasteiger partial charge is 0.313 e. The van der Waals surface area contributed by atoms with Gasteiger partial charge in [0.1, 0.15) is 0 Å². The zero-order valence-electron chi connectivity index (χ0n) is 10.6. The van der Waals surface area contributed by atoms with E-state index in [-0.39, 0.29) is 11.3 Å². The molecule has 0 bridgehead atoms. The molecule has 0 radical (unpaired) electrons. The Hall–Kier alpha value is -2.73. The van der Waals surface area contributed by atoms with E-state index in [9.17, 15) is 14.9 Å². The summed E-state index contributed by atoms with van der Waals surface area (Å²) < 4.78 is 0. The molecule has 106 valence electrons. The molecule has 2 rings (SSSR count). The standard InChI is InChI=1S/C14H9ClN2O4/c15-12-6-4-10(5-7-12)9-16-21-14(18)11-2-1-3-13(8-11)17(19)20/h1-9H. The van der Waals surface area contributed by atoms with Crippen molar-refractivity contribution < 1.29 is 14.6 Å². The van der Waals surface area contributed by atoms with Crippen molar-refractivity contribution in [3.63, 3.8) is 0 Å². The van der Waals surface area contributed by atoms with Gasteiger partial charge in [-0.1, -0.05) is 35.0 Å². The van der Waals surface area contributed by atoms with Gasteiger partial charge in [-0.3, -0.25) is 10.1 Å². The lowest BCUT2D eigenvalue weighted by Gasteiger charge is -1.98. The van der Waals surface area contributed by atoms with Gasteiger partial charge in [-0.25, -0.2) is 4.79 Å². The largest absolute Gasteiger partial charge is 0.365 e. The summed E-state index contributed by atoms with van der Waals surface area (Å²) in [5.41, 5.74) is 0.565. The van der Waals surface area contributed by atoms with Crippen LogP contribution in [0.2, 0.25) is 5.02 Å². The monoisotopic (exact) mass is 304 g/mol. The number of nitro benzene ring substituents is 1. The van der Waals surface area contributed by atoms with Crippen molar-refractivity contribution in [2.45, 2.75) is 0 Å². The maximum Gasteiger partial charge on any atom is 0.365 e. The van der Waals surface area contributed by atoms with E-state index in [1.807, 2.05) is 0 Å². The molecule has 0 saturated carbocycles. The van der Waals surface area contributed by atoms with Crippen LogP contribution in [0.15, 0.2) is 53.7 Å². The van der Waals surface area contributed by atoms with Gasteiger partial charge in [-0.05, 0) is 23.8 Å². The summed E-state index contributed by atoms with van der Waals surface area (Å²) in [5, 5.41) is 14.7. The first-order chi connectivity index (χ1) is 10.1. The molecule has 2 aromatic rings. The number of hydrogen-bond donors (Lipinski definition) is 0. The number of carbonyl (C=O) groups excluding carboxylic acids is 1. The molecule has 0 heterocycles. The third kappa shape index (κ3) is 4.12. The summed E-state index contributed by atoms with van der Waals surface area (Å²) in [6.07, 6.45) is 1.34. The average molecular weight is 305 g/mol. The molecule has 0 unspecified atom stereocenters. The van der Waals surface area contributed by atoms with Crippen molar-refractivity contribution in [1.29, 1.82) is 0 Å². The lowest BCUT2D eigenvalue weighted by atomic mass is 10.2. The Kier molecular flexibility index (Phi) is 4.63. The van der Waals surface area contributed by atoms with Crippen LogP contribution < -0.4 is 0 Å². The summed E-state index contributed by atoms with van der Waals surface area (Å²) in [6, 6.07) is 12.0. The first-order valence-corrected chi connectivity index (χ1v) is 6.19. The van der Waals surface area contributed by atoms with E-state index in [4.69, 9.17) is 11.6 Å². The van der Waals surface area contributed by atoms with Gasteiger partial charge in [0.05, 0.1) is 16.7 Å². The van der Waals surface area contributed by atoms with Gasteiger partial charge < -0.3 is 4.84 Å². The van der Waals surface area contributed by atoms with Gasteiger partial charge in [-0.15, -0.1) is 0 Å². The van der Waals surface area contributed by atoms with Crippen LogP contribution in [0.5, 0.6) is 0 Å². The average Bonchev–Trinajstić information content (AvgIpc) is 2.49. The molecule has 0 amide bonds. The summed E-state index contributed by atoms with van der Waals surface area (Å²) in [6.45, 7) is 0. The highest BCUT2D eigenvalue weighted by molar-refractivity contribution is 6.30. The van der Waals surface area contributed by atoms with E-state index in [0.29, 0.717) is 10.6 Å². The van der Waals surface area contributed by atoms with Crippen molar-refractivity contribution in [2.75, 3.05) is 0 Å². The van der Waals surface area contributed by atoms with Crippen LogP contribution in [0.3, 0.4) is 0 Å². The van der Waals surface area contributed by atoms with Gasteiger partial charge in [0.2, 0.25) is 0 Å². The fourth-order valence-electron chi connectivity index (χ4n) is 1.48. The van der Waals surface area contributed by atoms with Crippen LogP contribution in [0.25, 0.3) is 0 Å². The molecular weight excluding hydrogens is 296 g/mol. The van der Waals surface area contributed by atoms with Gasteiger partial charge in [0.15, 0.2) is 0 Å². The molecule has 0 atom stereocenters. The molecule has 0 aliphatic carbocycles. The lowest BCUT2D eigenvalue weighted by Crippen LogP contribution is -2.02. The Morgan fingerprint density at radius 3 is 2.62 bits per heavy atom. The number of carbonyl (C=O) groups is 1. The van der Waals surface area contributed by atoms with Crippen molar-refractivity contribution >= 4 is 29.5 Å². The van der Waals surface area contributed by atoms with Crippen molar-refractivity contribution in [1.82, 2.24) is 0 Å². The molecule has 0 saturated heterocycles. The van der Waals surface area contributed by atoms with E-state index >= 15 is 0 Å². The summed E-state index contributed by atoms with van der Waals surface area (Å²) in [4.78, 5) is 26.4. The maximum atomic E-state index is 11.7. The first kappa shape index (κ1) is 14.7. The van der Waals surface area contributed by atoms with E-state index < -0.39 is 10.9 Å². The van der Waals surface area contributed by atoms with Gasteiger partial charge in [-0.2, -0.15) is 0 Å². The third-order valence-electron chi connectivity index (χ3n) is 2.50. The quantitative estimate of drug-likeness (QED) is 0.375. The number of hydrogen-bond acceptors (Lipinski definition) is 5. The third-order valence-corrected chi connectivity index (χ3v) is 2.75. The fraction of sp³-hybridized carbons (Fsp3) is 0. The Morgan fingerprint density at radius 2 is 1.95 bits per heavy atom. The van der Waals surface area contributed by atoms with Gasteiger partial charge in [0, 0.05) is 17.2 Å². The predicted octanol–water partition coefficient (Wildman–Crippen LogP) is 3.44. The van der Waals surface area contributed by atoms with Crippen molar-refractivity contribution in [2.24, 2.45) is 5.16 Å². The minimum atomic E-state index is -0.774. The predicted molar refractivity (Wildman–Crippen MR) is 77.6 cm³/mol. The van der Waals surface area contributed by atoms with Crippen LogP contribution >= 0.6 is 11.6 Å². The minimum absolute atomic E-state index is 0.0532. The highest BCUT2D eigenvalue weighted by Crippen LogP contribution is 2.14. The van der Waals surface area contributed by atoms with Crippen molar-refractivity contribution in [3.05, 3.63) is 74.8 Å². The van der Waals surface area contributed by atoms with Crippen LogP contribution in [0, 0.1) is 10.1 Å². The van der Waals surface area contributed by atoms with Gasteiger partial charge >= 0.3 is 5.97 Å². The Morgan fingerprint density at radius 1 is 1.24 bits per heavy atom. The van der Waals surface area contributed by atoms with Crippen molar-refractivity contribution in [3.8, 4) is 0 Å². The van der Waals surface area contributed by atoms with E-state index in [1.54, 1.807) is 24.3 Å². The summed E-state index contributed by atoms with van der Waals surface area (Å²) in [5.74, 6) is -0.774. The summed E-state index contributed by atoms with van der Waals surface area (Å²) >= 11 is 5.73. The molecule has 0 fully saturated rings. The zero-order chi connectivity index (χ0) is 15.2. The van der Waals surface area contributed by atoms with E-state index in [1.165, 1.54) is 24.4 Å².